The number of rotatable bonds is 4. The van der Waals surface area contributed by atoms with Gasteiger partial charge in [-0.25, -0.2) is 0 Å². The van der Waals surface area contributed by atoms with Crippen molar-refractivity contribution in [1.29, 1.82) is 0 Å². The molecule has 0 aromatic heterocycles. The second kappa shape index (κ2) is 26.5. The molecule has 0 bridgehead atoms. The minimum Gasteiger partial charge on any atom is -0.184 e. The van der Waals surface area contributed by atoms with Gasteiger partial charge < -0.3 is 0 Å². The van der Waals surface area contributed by atoms with Gasteiger partial charge >= 0.3 is 33.7 Å². The second-order valence-electron chi connectivity index (χ2n) is 8.66. The molecule has 0 nitrogen and oxygen atoms in total. The molecule has 0 atom stereocenters. The van der Waals surface area contributed by atoms with Crippen molar-refractivity contribution in [2.45, 2.75) is 39.5 Å². The summed E-state index contributed by atoms with van der Waals surface area (Å²) in [5.74, 6) is 0. The monoisotopic (exact) mass is 728 g/mol. The zero-order valence-corrected chi connectivity index (χ0v) is 30.5. The zero-order chi connectivity index (χ0) is 28.7. The Balaban J connectivity index is 0.000000543. The van der Waals surface area contributed by atoms with Gasteiger partial charge in [-0.3, -0.25) is 0 Å². The first-order chi connectivity index (χ1) is 19.8. The Hall–Kier alpha value is -2.15. The van der Waals surface area contributed by atoms with Crippen molar-refractivity contribution >= 4 is 48.1 Å². The fourth-order valence-electron chi connectivity index (χ4n) is 3.81. The summed E-state index contributed by atoms with van der Waals surface area (Å²) in [6, 6.07) is 42.4. The van der Waals surface area contributed by atoms with Gasteiger partial charge in [0.05, 0.1) is 0 Å². The van der Waals surface area contributed by atoms with Crippen LogP contribution in [0.1, 0.15) is 48.9 Å². The van der Waals surface area contributed by atoms with Crippen molar-refractivity contribution in [3.63, 3.8) is 0 Å². The molecule has 4 aromatic rings. The van der Waals surface area contributed by atoms with Gasteiger partial charge in [0.1, 0.15) is 0 Å². The molecule has 42 heavy (non-hydrogen) atoms. The van der Waals surface area contributed by atoms with Crippen molar-refractivity contribution in [1.82, 2.24) is 0 Å². The van der Waals surface area contributed by atoms with E-state index in [9.17, 15) is 0 Å². The standard InChI is InChI=1S/2C13H13.2C6H5.2ClH.Ge.Zr/c2*1-2-11-6-5-9-13(10-11)12-7-3-4-8-12;2*1-2-4-6-5-3-1;;;;/h2*3,5-7,9-10H,2,4H2,1H3;2*1-5H;2*1H;;/q4*-1;;;;. The molecule has 6 rings (SSSR count). The number of halogens is 2. The van der Waals surface area contributed by atoms with Crippen LogP contribution < -0.4 is 0 Å². The minimum atomic E-state index is 0. The number of hydrogen-bond donors (Lipinski definition) is 0. The summed E-state index contributed by atoms with van der Waals surface area (Å²) >= 11 is 3.64. The molecule has 4 heteroatoms. The average Bonchev–Trinajstić information content (AvgIpc) is 3.81. The molecule has 0 saturated heterocycles. The molecule has 0 N–H and O–H groups in total. The molecule has 2 aliphatic carbocycles. The van der Waals surface area contributed by atoms with Crippen molar-refractivity contribution in [3.05, 3.63) is 180 Å². The molecule has 0 unspecified atom stereocenters. The molecular formula is C38H38Cl2GeZr-4. The van der Waals surface area contributed by atoms with Crippen molar-refractivity contribution in [2.24, 2.45) is 0 Å². The van der Waals surface area contributed by atoms with Crippen LogP contribution in [0.15, 0.2) is 133 Å². The smallest absolute Gasteiger partial charge is 0.171 e. The average molecular weight is 729 g/mol. The molecule has 0 aliphatic heterocycles. The Morgan fingerprint density at radius 3 is 1.19 bits per heavy atom. The number of allylic oxidation sites excluding steroid dienone is 8. The van der Waals surface area contributed by atoms with Crippen LogP contribution >= 0.6 is 24.8 Å². The Bertz CT molecular complexity index is 1190. The summed E-state index contributed by atoms with van der Waals surface area (Å²) in [6.45, 7) is 4.36. The van der Waals surface area contributed by atoms with E-state index in [0.29, 0.717) is 0 Å². The van der Waals surface area contributed by atoms with Crippen molar-refractivity contribution in [3.8, 4) is 0 Å². The van der Waals surface area contributed by atoms with E-state index in [4.69, 9.17) is 0 Å². The Labute approximate surface area is 287 Å². The van der Waals surface area contributed by atoms with Crippen LogP contribution in [0.25, 0.3) is 11.1 Å². The van der Waals surface area contributed by atoms with Gasteiger partial charge in [-0.15, -0.1) is 72.4 Å². The van der Waals surface area contributed by atoms with E-state index in [0.717, 1.165) is 25.7 Å². The van der Waals surface area contributed by atoms with Crippen LogP contribution in [0.2, 0.25) is 0 Å². The minimum absolute atomic E-state index is 0. The maximum Gasteiger partial charge on any atom is -0.171 e. The Morgan fingerprint density at radius 2 is 0.952 bits per heavy atom. The summed E-state index contributed by atoms with van der Waals surface area (Å²) in [6.07, 6.45) is 19.4. The number of hydrogen-bond acceptors (Lipinski definition) is 0. The van der Waals surface area contributed by atoms with E-state index in [1.165, 1.54) is 33.4 Å². The summed E-state index contributed by atoms with van der Waals surface area (Å²) in [5.41, 5.74) is 7.88. The molecule has 0 fully saturated rings. The third-order valence-electron chi connectivity index (χ3n) is 5.90. The summed E-state index contributed by atoms with van der Waals surface area (Å²) < 4.78 is 0. The van der Waals surface area contributed by atoms with E-state index < -0.39 is 0 Å². The quantitative estimate of drug-likeness (QED) is 0.145. The fraction of sp³-hybridized carbons (Fsp3) is 0.158. The third kappa shape index (κ3) is 16.5. The Morgan fingerprint density at radius 1 is 0.571 bits per heavy atom. The maximum atomic E-state index is 3.33. The fourth-order valence-corrected chi connectivity index (χ4v) is 3.81. The van der Waals surface area contributed by atoms with Gasteiger partial charge in [0.2, 0.25) is 0 Å². The van der Waals surface area contributed by atoms with Gasteiger partial charge in [0, 0.05) is 0 Å². The first-order valence-corrected chi connectivity index (χ1v) is 21.0. The normalized spacial score (nSPS) is 11.5. The molecular weight excluding hydrogens is 691 g/mol. The van der Waals surface area contributed by atoms with Crippen LogP contribution in [0.5, 0.6) is 0 Å². The predicted molar refractivity (Wildman–Crippen MR) is 183 cm³/mol. The number of benzene rings is 4. The second-order valence-corrected chi connectivity index (χ2v) is 8.66. The number of aryl methyl sites for hydroxylation is 2. The summed E-state index contributed by atoms with van der Waals surface area (Å²) in [5, 5.41) is 0. The van der Waals surface area contributed by atoms with E-state index >= 15 is 0 Å². The first-order valence-electron chi connectivity index (χ1n) is 13.6. The maximum absolute atomic E-state index is 3.33. The summed E-state index contributed by atoms with van der Waals surface area (Å²) in [7, 11) is 0. The van der Waals surface area contributed by atoms with Crippen LogP contribution in [0.4, 0.5) is 0 Å². The van der Waals surface area contributed by atoms with E-state index in [-0.39, 0.29) is 24.8 Å². The SMILES string of the molecule is CCc1cccc(C2=[C-]CC=C2)c1.CCc1cccc(C2=[C-]CC=C2)c1.Cl.Cl.[Ge]=[Zr].[c-]1ccccc1.[c-]1ccccc1. The molecule has 4 aromatic carbocycles. The molecule has 2 aliphatic rings. The molecule has 0 saturated carbocycles. The molecule has 0 amide bonds. The van der Waals surface area contributed by atoms with Gasteiger partial charge in [0.25, 0.3) is 0 Å². The van der Waals surface area contributed by atoms with Crippen LogP contribution in [-0.4, -0.2) is 12.1 Å². The van der Waals surface area contributed by atoms with Gasteiger partial charge in [-0.2, -0.15) is 108 Å². The molecule has 2 radical (unpaired) electrons. The topological polar surface area (TPSA) is 0 Å². The van der Waals surface area contributed by atoms with Crippen molar-refractivity contribution in [2.75, 3.05) is 0 Å². The van der Waals surface area contributed by atoms with Crippen molar-refractivity contribution < 1.29 is 21.6 Å². The molecule has 216 valence electrons. The largest absolute Gasteiger partial charge is 0.184 e. The van der Waals surface area contributed by atoms with Crippen LogP contribution in [0.3, 0.4) is 0 Å². The van der Waals surface area contributed by atoms with Gasteiger partial charge in [-0.1, -0.05) is 62.1 Å². The Kier molecular flexibility index (Phi) is 25.1. The van der Waals surface area contributed by atoms with E-state index in [1.807, 2.05) is 60.7 Å². The van der Waals surface area contributed by atoms with Crippen LogP contribution in [0, 0.1) is 24.3 Å². The summed E-state index contributed by atoms with van der Waals surface area (Å²) in [4.78, 5) is 0. The first kappa shape index (κ1) is 39.8. The van der Waals surface area contributed by atoms with E-state index in [2.05, 4.69) is 123 Å². The predicted octanol–water partition coefficient (Wildman–Crippen LogP) is 10.2. The van der Waals surface area contributed by atoms with Gasteiger partial charge in [-0.05, 0) is 12.8 Å². The van der Waals surface area contributed by atoms with Gasteiger partial charge in [0.15, 0.2) is 0 Å². The molecule has 0 heterocycles. The zero-order valence-electron chi connectivity index (χ0n) is 24.3. The third-order valence-corrected chi connectivity index (χ3v) is 5.90. The van der Waals surface area contributed by atoms with Crippen LogP contribution in [-0.2, 0) is 34.4 Å². The molecule has 0 spiro atoms. The van der Waals surface area contributed by atoms with E-state index in [1.54, 1.807) is 21.6 Å².